The number of nitrogens with one attached hydrogen (secondary N) is 2. The van der Waals surface area contributed by atoms with Gasteiger partial charge in [-0.25, -0.2) is 8.78 Å². The SMILES string of the molecule is O=C(COc1ccc(Cl)c(F)c1)NC12CCC(NC(=O)CCOc3ccc(Cl)c(F)c3)(CC1)[C@@H](O)C2. The summed E-state index contributed by atoms with van der Waals surface area (Å²) < 4.78 is 37.8. The van der Waals surface area contributed by atoms with Gasteiger partial charge in [0.25, 0.3) is 5.91 Å². The van der Waals surface area contributed by atoms with E-state index in [0.717, 1.165) is 12.1 Å². The van der Waals surface area contributed by atoms with Crippen LogP contribution in [0.2, 0.25) is 10.0 Å². The van der Waals surface area contributed by atoms with E-state index in [1.54, 1.807) is 0 Å². The van der Waals surface area contributed by atoms with Gasteiger partial charge in [-0.15, -0.1) is 0 Å². The first-order chi connectivity index (χ1) is 17.1. The van der Waals surface area contributed by atoms with Crippen molar-refractivity contribution in [1.82, 2.24) is 10.6 Å². The number of carbonyl (C=O) groups is 2. The van der Waals surface area contributed by atoms with Crippen molar-refractivity contribution in [2.75, 3.05) is 13.2 Å². The Kier molecular flexibility index (Phi) is 7.92. The molecule has 2 aromatic rings. The Morgan fingerprint density at radius 3 is 2.06 bits per heavy atom. The maximum atomic E-state index is 13.5. The molecule has 3 N–H and O–H groups in total. The van der Waals surface area contributed by atoms with Gasteiger partial charge in [-0.05, 0) is 56.4 Å². The molecule has 11 heteroatoms. The van der Waals surface area contributed by atoms with Crippen LogP contribution in [0.5, 0.6) is 11.5 Å². The molecule has 3 fully saturated rings. The van der Waals surface area contributed by atoms with Gasteiger partial charge < -0.3 is 25.2 Å². The van der Waals surface area contributed by atoms with Crippen molar-refractivity contribution in [3.8, 4) is 11.5 Å². The van der Waals surface area contributed by atoms with Gasteiger partial charge in [-0.2, -0.15) is 0 Å². The predicted octanol–water partition coefficient (Wildman–Crippen LogP) is 4.17. The molecule has 0 unspecified atom stereocenters. The summed E-state index contributed by atoms with van der Waals surface area (Å²) in [6.07, 6.45) is 1.61. The van der Waals surface area contributed by atoms with Crippen molar-refractivity contribution in [2.24, 2.45) is 0 Å². The summed E-state index contributed by atoms with van der Waals surface area (Å²) in [5, 5.41) is 16.7. The van der Waals surface area contributed by atoms with Crippen LogP contribution in [-0.4, -0.2) is 47.3 Å². The minimum absolute atomic E-state index is 0.0143. The molecule has 0 aromatic heterocycles. The lowest BCUT2D eigenvalue weighted by molar-refractivity contribution is -0.136. The van der Waals surface area contributed by atoms with Crippen LogP contribution in [0.4, 0.5) is 8.78 Å². The summed E-state index contributed by atoms with van der Waals surface area (Å²) in [5.74, 6) is -1.46. The molecule has 0 aliphatic heterocycles. The average Bonchev–Trinajstić information content (AvgIpc) is 2.83. The van der Waals surface area contributed by atoms with Gasteiger partial charge in [-0.3, -0.25) is 9.59 Å². The number of ether oxygens (including phenoxy) is 2. The normalized spacial score (nSPS) is 24.8. The van der Waals surface area contributed by atoms with Crippen LogP contribution in [0.1, 0.15) is 38.5 Å². The second kappa shape index (κ2) is 10.8. The van der Waals surface area contributed by atoms with Crippen LogP contribution in [0, 0.1) is 11.6 Å². The summed E-state index contributed by atoms with van der Waals surface area (Å²) in [4.78, 5) is 25.1. The largest absolute Gasteiger partial charge is 0.493 e. The number of rotatable bonds is 9. The van der Waals surface area contributed by atoms with Crippen LogP contribution in [-0.2, 0) is 9.59 Å². The van der Waals surface area contributed by atoms with Gasteiger partial charge in [0, 0.05) is 17.7 Å². The smallest absolute Gasteiger partial charge is 0.258 e. The standard InChI is InChI=1S/C25H26Cl2F2N2O5/c26-17-3-1-15(11-19(17)28)35-10-5-22(33)31-25-8-6-24(7-9-25,13-21(25)32)30-23(34)14-36-16-2-4-18(27)20(29)12-16/h1-4,11-12,21,32H,5-10,13-14H2,(H,30,34)(H,31,33)/t21-,24?,25?/m0/s1. The molecular weight excluding hydrogens is 517 g/mol. The molecule has 36 heavy (non-hydrogen) atoms. The molecule has 5 rings (SSSR count). The molecule has 2 bridgehead atoms. The van der Waals surface area contributed by atoms with E-state index in [1.807, 2.05) is 0 Å². The summed E-state index contributed by atoms with van der Waals surface area (Å²) >= 11 is 11.3. The van der Waals surface area contributed by atoms with E-state index < -0.39 is 28.8 Å². The van der Waals surface area contributed by atoms with Gasteiger partial charge in [0.15, 0.2) is 6.61 Å². The van der Waals surface area contributed by atoms with Crippen molar-refractivity contribution in [2.45, 2.75) is 55.7 Å². The van der Waals surface area contributed by atoms with Crippen molar-refractivity contribution >= 4 is 35.0 Å². The fraction of sp³-hybridized carbons (Fsp3) is 0.440. The lowest BCUT2D eigenvalue weighted by Gasteiger charge is -2.56. The Bertz CT molecular complexity index is 1140. The molecule has 3 aliphatic rings. The van der Waals surface area contributed by atoms with E-state index in [4.69, 9.17) is 32.7 Å². The summed E-state index contributed by atoms with van der Waals surface area (Å²) in [6, 6.07) is 7.96. The van der Waals surface area contributed by atoms with Gasteiger partial charge >= 0.3 is 0 Å². The van der Waals surface area contributed by atoms with E-state index in [9.17, 15) is 23.5 Å². The molecule has 0 heterocycles. The van der Waals surface area contributed by atoms with E-state index in [1.165, 1.54) is 24.3 Å². The Hall–Kier alpha value is -2.62. The molecule has 3 aliphatic carbocycles. The van der Waals surface area contributed by atoms with E-state index in [2.05, 4.69) is 10.6 Å². The number of halogens is 4. The van der Waals surface area contributed by atoms with Crippen molar-refractivity contribution in [3.63, 3.8) is 0 Å². The molecule has 3 saturated carbocycles. The Morgan fingerprint density at radius 1 is 0.917 bits per heavy atom. The first-order valence-corrected chi connectivity index (χ1v) is 12.3. The van der Waals surface area contributed by atoms with Crippen molar-refractivity contribution in [1.29, 1.82) is 0 Å². The number of benzene rings is 2. The summed E-state index contributed by atoms with van der Waals surface area (Å²) in [6.45, 7) is -0.269. The molecule has 7 nitrogen and oxygen atoms in total. The van der Waals surface area contributed by atoms with Crippen LogP contribution >= 0.6 is 23.2 Å². The first-order valence-electron chi connectivity index (χ1n) is 11.6. The number of fused-ring (bicyclic) bond motifs is 3. The zero-order valence-corrected chi connectivity index (χ0v) is 20.8. The number of aliphatic hydroxyl groups is 1. The highest BCUT2D eigenvalue weighted by atomic mass is 35.5. The quantitative estimate of drug-likeness (QED) is 0.442. The molecule has 0 radical (unpaired) electrons. The number of hydrogen-bond donors (Lipinski definition) is 3. The minimum Gasteiger partial charge on any atom is -0.493 e. The van der Waals surface area contributed by atoms with Crippen LogP contribution in [0.15, 0.2) is 36.4 Å². The lowest BCUT2D eigenvalue weighted by Crippen LogP contribution is -2.70. The van der Waals surface area contributed by atoms with E-state index >= 15 is 0 Å². The van der Waals surface area contributed by atoms with Gasteiger partial charge in [0.1, 0.15) is 23.1 Å². The zero-order chi connectivity index (χ0) is 25.9. The number of carbonyl (C=O) groups excluding carboxylic acids is 2. The number of aliphatic hydroxyl groups excluding tert-OH is 1. The first kappa shape index (κ1) is 26.4. The number of amides is 2. The molecule has 0 spiro atoms. The molecular formula is C25H26Cl2F2N2O5. The Morgan fingerprint density at radius 2 is 1.50 bits per heavy atom. The maximum Gasteiger partial charge on any atom is 0.258 e. The molecule has 2 aromatic carbocycles. The van der Waals surface area contributed by atoms with E-state index in [-0.39, 0.29) is 59.4 Å². The predicted molar refractivity (Wildman–Crippen MR) is 129 cm³/mol. The van der Waals surface area contributed by atoms with Gasteiger partial charge in [-0.1, -0.05) is 23.2 Å². The molecule has 1 atom stereocenters. The summed E-state index contributed by atoms with van der Waals surface area (Å²) in [5.41, 5.74) is -1.37. The lowest BCUT2D eigenvalue weighted by atomic mass is 9.60. The van der Waals surface area contributed by atoms with Crippen LogP contribution in [0.3, 0.4) is 0 Å². The average molecular weight is 543 g/mol. The van der Waals surface area contributed by atoms with Crippen LogP contribution < -0.4 is 20.1 Å². The molecule has 2 amide bonds. The summed E-state index contributed by atoms with van der Waals surface area (Å²) in [7, 11) is 0. The highest BCUT2D eigenvalue weighted by molar-refractivity contribution is 6.31. The molecule has 0 saturated heterocycles. The van der Waals surface area contributed by atoms with Gasteiger partial charge in [0.05, 0.1) is 34.7 Å². The van der Waals surface area contributed by atoms with Gasteiger partial charge in [0.2, 0.25) is 5.91 Å². The van der Waals surface area contributed by atoms with Crippen molar-refractivity contribution < 1.29 is 33.0 Å². The van der Waals surface area contributed by atoms with Crippen molar-refractivity contribution in [3.05, 3.63) is 58.1 Å². The van der Waals surface area contributed by atoms with Crippen LogP contribution in [0.25, 0.3) is 0 Å². The third-order valence-corrected chi connectivity index (χ3v) is 7.48. The fourth-order valence-corrected chi connectivity index (χ4v) is 5.11. The Labute approximate surface area is 217 Å². The minimum atomic E-state index is -0.846. The fourth-order valence-electron chi connectivity index (χ4n) is 4.88. The van der Waals surface area contributed by atoms with E-state index in [0.29, 0.717) is 25.7 Å². The molecule has 194 valence electrons. The maximum absolute atomic E-state index is 13.5. The third-order valence-electron chi connectivity index (χ3n) is 6.86. The topological polar surface area (TPSA) is 96.9 Å². The highest BCUT2D eigenvalue weighted by Crippen LogP contribution is 2.47. The monoisotopic (exact) mass is 542 g/mol. The highest BCUT2D eigenvalue weighted by Gasteiger charge is 2.55. The number of hydrogen-bond acceptors (Lipinski definition) is 5. The third kappa shape index (κ3) is 6.02. The zero-order valence-electron chi connectivity index (χ0n) is 19.3. The second-order valence-corrected chi connectivity index (χ2v) is 10.1. The Balaban J connectivity index is 1.24. The second-order valence-electron chi connectivity index (χ2n) is 9.29.